The highest BCUT2D eigenvalue weighted by atomic mass is 15.3. The summed E-state index contributed by atoms with van der Waals surface area (Å²) in [5.74, 6) is 0. The lowest BCUT2D eigenvalue weighted by molar-refractivity contribution is 0.880. The maximum atomic E-state index is 4.25. The third-order valence-electron chi connectivity index (χ3n) is 1.56. The first-order valence-electron chi connectivity index (χ1n) is 3.41. The van der Waals surface area contributed by atoms with Crippen molar-refractivity contribution in [2.24, 2.45) is 0 Å². The number of nitrogens with zero attached hydrogens (tertiary/aromatic N) is 4. The molecule has 0 spiro atoms. The molecular weight excluding hydrogens is 140 g/mol. The van der Waals surface area contributed by atoms with E-state index in [1.54, 1.807) is 4.52 Å². The Morgan fingerprint density at radius 2 is 2.18 bits per heavy atom. The van der Waals surface area contributed by atoms with Crippen LogP contribution >= 0.6 is 0 Å². The van der Waals surface area contributed by atoms with Crippen LogP contribution in [0.3, 0.4) is 0 Å². The minimum atomic E-state index is 0.838. The topological polar surface area (TPSA) is 43.1 Å². The van der Waals surface area contributed by atoms with Gasteiger partial charge in [-0.2, -0.15) is 5.10 Å². The fourth-order valence-corrected chi connectivity index (χ4v) is 1.05. The van der Waals surface area contributed by atoms with Gasteiger partial charge in [-0.05, 0) is 13.8 Å². The molecule has 0 bridgehead atoms. The SMILES string of the molecule is Cc1cn2ncnc(C)c2n1. The second-order valence-electron chi connectivity index (χ2n) is 2.50. The summed E-state index contributed by atoms with van der Waals surface area (Å²) in [6.07, 6.45) is 3.41. The summed E-state index contributed by atoms with van der Waals surface area (Å²) < 4.78 is 1.73. The molecule has 0 N–H and O–H groups in total. The van der Waals surface area contributed by atoms with Crippen molar-refractivity contribution in [2.45, 2.75) is 13.8 Å². The Labute approximate surface area is 63.9 Å². The molecule has 4 heteroatoms. The molecule has 0 aliphatic heterocycles. The van der Waals surface area contributed by atoms with Crippen molar-refractivity contribution in [1.82, 2.24) is 19.6 Å². The predicted octanol–water partition coefficient (Wildman–Crippen LogP) is 0.741. The second-order valence-corrected chi connectivity index (χ2v) is 2.50. The maximum Gasteiger partial charge on any atom is 0.175 e. The molecule has 0 aliphatic rings. The van der Waals surface area contributed by atoms with E-state index in [0.29, 0.717) is 0 Å². The van der Waals surface area contributed by atoms with Gasteiger partial charge in [-0.15, -0.1) is 0 Å². The lowest BCUT2D eigenvalue weighted by Crippen LogP contribution is -1.94. The number of aryl methyl sites for hydroxylation is 2. The summed E-state index contributed by atoms with van der Waals surface area (Å²) in [4.78, 5) is 8.28. The van der Waals surface area contributed by atoms with Crippen LogP contribution in [0.5, 0.6) is 0 Å². The standard InChI is InChI=1S/C7H8N4/c1-5-3-11-7(10-5)6(2)8-4-9-11/h3-4H,1-2H3. The van der Waals surface area contributed by atoms with Crippen LogP contribution in [0.15, 0.2) is 12.5 Å². The molecule has 2 heterocycles. The number of imidazole rings is 1. The zero-order valence-corrected chi connectivity index (χ0v) is 6.44. The van der Waals surface area contributed by atoms with E-state index in [4.69, 9.17) is 0 Å². The Balaban J connectivity index is 2.90. The number of aromatic nitrogens is 4. The van der Waals surface area contributed by atoms with Crippen molar-refractivity contribution >= 4 is 5.65 Å². The number of hydrogen-bond donors (Lipinski definition) is 0. The third kappa shape index (κ3) is 0.869. The molecule has 0 amide bonds. The number of rotatable bonds is 0. The van der Waals surface area contributed by atoms with E-state index in [2.05, 4.69) is 15.1 Å². The number of fused-ring (bicyclic) bond motifs is 1. The third-order valence-corrected chi connectivity index (χ3v) is 1.56. The van der Waals surface area contributed by atoms with Crippen molar-refractivity contribution in [2.75, 3.05) is 0 Å². The first-order chi connectivity index (χ1) is 5.27. The smallest absolute Gasteiger partial charge is 0.175 e. The van der Waals surface area contributed by atoms with E-state index in [9.17, 15) is 0 Å². The van der Waals surface area contributed by atoms with Crippen LogP contribution in [-0.4, -0.2) is 19.6 Å². The molecule has 56 valence electrons. The summed E-state index contributed by atoms with van der Waals surface area (Å²) in [6, 6.07) is 0. The average molecular weight is 148 g/mol. The van der Waals surface area contributed by atoms with Crippen molar-refractivity contribution in [3.8, 4) is 0 Å². The normalized spacial score (nSPS) is 10.7. The zero-order chi connectivity index (χ0) is 7.84. The Hall–Kier alpha value is -1.45. The van der Waals surface area contributed by atoms with Gasteiger partial charge < -0.3 is 0 Å². The Morgan fingerprint density at radius 3 is 2.91 bits per heavy atom. The van der Waals surface area contributed by atoms with E-state index >= 15 is 0 Å². The highest BCUT2D eigenvalue weighted by Crippen LogP contribution is 2.03. The van der Waals surface area contributed by atoms with E-state index in [1.807, 2.05) is 20.0 Å². The van der Waals surface area contributed by atoms with E-state index in [-0.39, 0.29) is 0 Å². The molecule has 4 nitrogen and oxygen atoms in total. The van der Waals surface area contributed by atoms with Gasteiger partial charge in [-0.1, -0.05) is 0 Å². The summed E-state index contributed by atoms with van der Waals surface area (Å²) in [7, 11) is 0. The van der Waals surface area contributed by atoms with Gasteiger partial charge in [-0.3, -0.25) is 0 Å². The van der Waals surface area contributed by atoms with Gasteiger partial charge in [0.25, 0.3) is 0 Å². The average Bonchev–Trinajstić information content (AvgIpc) is 2.31. The lowest BCUT2D eigenvalue weighted by atomic mass is 10.5. The van der Waals surface area contributed by atoms with E-state index in [0.717, 1.165) is 17.0 Å². The largest absolute Gasteiger partial charge is 0.236 e. The molecule has 0 saturated heterocycles. The molecule has 2 aromatic heterocycles. The van der Waals surface area contributed by atoms with Crippen molar-refractivity contribution in [3.05, 3.63) is 23.9 Å². The molecule has 0 aromatic carbocycles. The highest BCUT2D eigenvalue weighted by Gasteiger charge is 2.00. The van der Waals surface area contributed by atoms with Gasteiger partial charge in [0.1, 0.15) is 6.33 Å². The maximum absolute atomic E-state index is 4.25. The lowest BCUT2D eigenvalue weighted by Gasteiger charge is -1.91. The Bertz CT molecular complexity index is 390. The van der Waals surface area contributed by atoms with Gasteiger partial charge in [0.15, 0.2) is 5.65 Å². The summed E-state index contributed by atoms with van der Waals surface area (Å²) in [6.45, 7) is 3.86. The van der Waals surface area contributed by atoms with Gasteiger partial charge in [-0.25, -0.2) is 14.5 Å². The quantitative estimate of drug-likeness (QED) is 0.553. The first-order valence-corrected chi connectivity index (χ1v) is 3.41. The van der Waals surface area contributed by atoms with Crippen LogP contribution in [0.25, 0.3) is 5.65 Å². The van der Waals surface area contributed by atoms with Gasteiger partial charge in [0.05, 0.1) is 17.6 Å². The van der Waals surface area contributed by atoms with Gasteiger partial charge in [0.2, 0.25) is 0 Å². The van der Waals surface area contributed by atoms with Crippen LogP contribution in [0, 0.1) is 13.8 Å². The monoisotopic (exact) mass is 148 g/mol. The van der Waals surface area contributed by atoms with Crippen molar-refractivity contribution in [1.29, 1.82) is 0 Å². The number of hydrogen-bond acceptors (Lipinski definition) is 3. The highest BCUT2D eigenvalue weighted by molar-refractivity contribution is 5.42. The minimum Gasteiger partial charge on any atom is -0.236 e. The summed E-state index contributed by atoms with van der Waals surface area (Å²) in [5.41, 5.74) is 2.71. The Morgan fingerprint density at radius 1 is 1.36 bits per heavy atom. The molecule has 0 aliphatic carbocycles. The first kappa shape index (κ1) is 6.27. The van der Waals surface area contributed by atoms with Gasteiger partial charge in [0, 0.05) is 0 Å². The molecule has 11 heavy (non-hydrogen) atoms. The molecule has 0 saturated carbocycles. The van der Waals surface area contributed by atoms with Crippen LogP contribution in [0.2, 0.25) is 0 Å². The van der Waals surface area contributed by atoms with Crippen molar-refractivity contribution < 1.29 is 0 Å². The fourth-order valence-electron chi connectivity index (χ4n) is 1.05. The molecule has 0 fully saturated rings. The zero-order valence-electron chi connectivity index (χ0n) is 6.44. The molecule has 0 atom stereocenters. The van der Waals surface area contributed by atoms with Crippen LogP contribution in [0.1, 0.15) is 11.4 Å². The van der Waals surface area contributed by atoms with Crippen molar-refractivity contribution in [3.63, 3.8) is 0 Å². The second kappa shape index (κ2) is 2.02. The summed E-state index contributed by atoms with van der Waals surface area (Å²) >= 11 is 0. The summed E-state index contributed by atoms with van der Waals surface area (Å²) in [5, 5.41) is 4.01. The molecule has 0 radical (unpaired) electrons. The van der Waals surface area contributed by atoms with E-state index in [1.165, 1.54) is 6.33 Å². The molecular formula is C7H8N4. The van der Waals surface area contributed by atoms with Crippen LogP contribution in [-0.2, 0) is 0 Å². The van der Waals surface area contributed by atoms with Crippen LogP contribution < -0.4 is 0 Å². The predicted molar refractivity (Wildman–Crippen MR) is 40.3 cm³/mol. The molecule has 2 rings (SSSR count). The fraction of sp³-hybridized carbons (Fsp3) is 0.286. The minimum absolute atomic E-state index is 0.838. The molecule has 2 aromatic rings. The van der Waals surface area contributed by atoms with Crippen LogP contribution in [0.4, 0.5) is 0 Å². The van der Waals surface area contributed by atoms with E-state index < -0.39 is 0 Å². The van der Waals surface area contributed by atoms with Gasteiger partial charge >= 0.3 is 0 Å². The Kier molecular flexibility index (Phi) is 1.15. The molecule has 0 unspecified atom stereocenters.